The van der Waals surface area contributed by atoms with Crippen molar-refractivity contribution in [2.45, 2.75) is 20.3 Å². The van der Waals surface area contributed by atoms with E-state index in [1.165, 1.54) is 0 Å². The molecule has 0 bridgehead atoms. The first-order valence-electron chi connectivity index (χ1n) is 6.78. The molecule has 0 unspecified atom stereocenters. The van der Waals surface area contributed by atoms with Gasteiger partial charge in [0.2, 0.25) is 5.95 Å². The van der Waals surface area contributed by atoms with Crippen LogP contribution in [-0.2, 0) is 11.2 Å². The molecule has 0 spiro atoms. The van der Waals surface area contributed by atoms with Crippen LogP contribution in [-0.4, -0.2) is 50.9 Å². The van der Waals surface area contributed by atoms with Gasteiger partial charge in [-0.25, -0.2) is 4.98 Å². The van der Waals surface area contributed by atoms with Crippen molar-refractivity contribution in [2.24, 2.45) is 5.41 Å². The fourth-order valence-corrected chi connectivity index (χ4v) is 2.24. The van der Waals surface area contributed by atoms with Gasteiger partial charge in [0.25, 0.3) is 0 Å². The molecule has 1 saturated heterocycles. The summed E-state index contributed by atoms with van der Waals surface area (Å²) in [6, 6.07) is 2.08. The maximum Gasteiger partial charge on any atom is 0.227 e. The highest BCUT2D eigenvalue weighted by molar-refractivity contribution is 5.45. The summed E-state index contributed by atoms with van der Waals surface area (Å²) in [6.45, 7) is 7.00. The van der Waals surface area contributed by atoms with E-state index in [1.54, 1.807) is 0 Å². The molecule has 5 nitrogen and oxygen atoms in total. The second-order valence-corrected chi connectivity index (χ2v) is 5.92. The molecule has 1 aliphatic heterocycles. The fourth-order valence-electron chi connectivity index (χ4n) is 2.24. The zero-order valence-corrected chi connectivity index (χ0v) is 12.6. The third-order valence-electron chi connectivity index (χ3n) is 3.43. The van der Waals surface area contributed by atoms with Gasteiger partial charge in [-0.05, 0) is 6.42 Å². The minimum Gasteiger partial charge on any atom is -0.380 e. The SMILES string of the molecule is CCc1cc(N(C)CC2(C)COC2)nc(N(C)C)n1. The lowest BCUT2D eigenvalue weighted by molar-refractivity contribution is -0.0952. The molecule has 1 aromatic heterocycles. The van der Waals surface area contributed by atoms with E-state index >= 15 is 0 Å². The summed E-state index contributed by atoms with van der Waals surface area (Å²) in [6.07, 6.45) is 0.921. The molecule has 1 aromatic rings. The molecule has 0 aliphatic carbocycles. The predicted molar refractivity (Wildman–Crippen MR) is 77.9 cm³/mol. The Labute approximate surface area is 115 Å². The van der Waals surface area contributed by atoms with Gasteiger partial charge in [0, 0.05) is 44.9 Å². The van der Waals surface area contributed by atoms with E-state index < -0.39 is 0 Å². The van der Waals surface area contributed by atoms with Crippen molar-refractivity contribution >= 4 is 11.8 Å². The molecule has 2 rings (SSSR count). The van der Waals surface area contributed by atoms with Crippen LogP contribution >= 0.6 is 0 Å². The van der Waals surface area contributed by atoms with Gasteiger partial charge >= 0.3 is 0 Å². The van der Waals surface area contributed by atoms with Crippen LogP contribution in [0, 0.1) is 5.41 Å². The van der Waals surface area contributed by atoms with Crippen LogP contribution in [0.2, 0.25) is 0 Å². The minimum absolute atomic E-state index is 0.254. The summed E-state index contributed by atoms with van der Waals surface area (Å²) in [5.41, 5.74) is 1.33. The lowest BCUT2D eigenvalue weighted by atomic mass is 9.88. The Morgan fingerprint density at radius 3 is 2.42 bits per heavy atom. The molecular formula is C14H24N4O. The molecule has 1 fully saturated rings. The van der Waals surface area contributed by atoms with Crippen molar-refractivity contribution in [1.29, 1.82) is 0 Å². The molecule has 0 aromatic carbocycles. The molecule has 0 N–H and O–H groups in total. The highest BCUT2D eigenvalue weighted by Gasteiger charge is 2.34. The Morgan fingerprint density at radius 2 is 1.95 bits per heavy atom. The number of anilines is 2. The third-order valence-corrected chi connectivity index (χ3v) is 3.43. The van der Waals surface area contributed by atoms with E-state index in [0.717, 1.165) is 43.6 Å². The van der Waals surface area contributed by atoms with Crippen LogP contribution in [0.4, 0.5) is 11.8 Å². The summed E-state index contributed by atoms with van der Waals surface area (Å²) in [7, 11) is 6.03. The lowest BCUT2D eigenvalue weighted by Crippen LogP contribution is -2.48. The Morgan fingerprint density at radius 1 is 1.26 bits per heavy atom. The Hall–Kier alpha value is -1.36. The number of rotatable bonds is 5. The Kier molecular flexibility index (Phi) is 3.94. The minimum atomic E-state index is 0.254. The standard InChI is InChI=1S/C14H24N4O/c1-6-11-7-12(16-13(15-11)17(3)4)18(5)8-14(2)9-19-10-14/h7H,6,8-10H2,1-5H3. The van der Waals surface area contributed by atoms with Gasteiger partial charge in [-0.2, -0.15) is 4.98 Å². The molecule has 0 amide bonds. The summed E-state index contributed by atoms with van der Waals surface area (Å²) in [5.74, 6) is 1.76. The quantitative estimate of drug-likeness (QED) is 0.807. The summed E-state index contributed by atoms with van der Waals surface area (Å²) in [4.78, 5) is 13.3. The van der Waals surface area contributed by atoms with Crippen LogP contribution in [0.1, 0.15) is 19.5 Å². The topological polar surface area (TPSA) is 41.5 Å². The van der Waals surface area contributed by atoms with E-state index in [9.17, 15) is 0 Å². The van der Waals surface area contributed by atoms with Gasteiger partial charge in [-0.15, -0.1) is 0 Å². The van der Waals surface area contributed by atoms with Crippen LogP contribution in [0.3, 0.4) is 0 Å². The highest BCUT2D eigenvalue weighted by Crippen LogP contribution is 2.29. The van der Waals surface area contributed by atoms with Crippen LogP contribution < -0.4 is 9.80 Å². The lowest BCUT2D eigenvalue weighted by Gasteiger charge is -2.41. The van der Waals surface area contributed by atoms with Crippen LogP contribution in [0.15, 0.2) is 6.07 Å². The molecule has 5 heteroatoms. The van der Waals surface area contributed by atoms with Gasteiger partial charge in [-0.1, -0.05) is 13.8 Å². The zero-order valence-electron chi connectivity index (χ0n) is 12.6. The number of ether oxygens (including phenoxy) is 1. The van der Waals surface area contributed by atoms with Crippen molar-refractivity contribution in [3.05, 3.63) is 11.8 Å². The molecule has 1 aliphatic rings. The second-order valence-electron chi connectivity index (χ2n) is 5.92. The maximum absolute atomic E-state index is 5.31. The first kappa shape index (κ1) is 14.1. The molecule has 2 heterocycles. The van der Waals surface area contributed by atoms with Gasteiger partial charge in [0.05, 0.1) is 13.2 Å². The van der Waals surface area contributed by atoms with Crippen molar-refractivity contribution in [2.75, 3.05) is 50.7 Å². The van der Waals surface area contributed by atoms with E-state index in [4.69, 9.17) is 4.74 Å². The summed E-state index contributed by atoms with van der Waals surface area (Å²) >= 11 is 0. The highest BCUT2D eigenvalue weighted by atomic mass is 16.5. The Balaban J connectivity index is 2.19. The fraction of sp³-hybridized carbons (Fsp3) is 0.714. The normalized spacial score (nSPS) is 16.9. The van der Waals surface area contributed by atoms with Crippen molar-refractivity contribution < 1.29 is 4.74 Å². The van der Waals surface area contributed by atoms with Crippen LogP contribution in [0.25, 0.3) is 0 Å². The van der Waals surface area contributed by atoms with E-state index in [-0.39, 0.29) is 5.41 Å². The number of aromatic nitrogens is 2. The average molecular weight is 264 g/mol. The van der Waals surface area contributed by atoms with Gasteiger partial charge < -0.3 is 14.5 Å². The van der Waals surface area contributed by atoms with Crippen molar-refractivity contribution in [3.63, 3.8) is 0 Å². The largest absolute Gasteiger partial charge is 0.380 e. The van der Waals surface area contributed by atoms with Crippen molar-refractivity contribution in [3.8, 4) is 0 Å². The van der Waals surface area contributed by atoms with E-state index in [2.05, 4.69) is 41.8 Å². The number of hydrogen-bond acceptors (Lipinski definition) is 5. The van der Waals surface area contributed by atoms with Crippen molar-refractivity contribution in [1.82, 2.24) is 9.97 Å². The van der Waals surface area contributed by atoms with Gasteiger partial charge in [-0.3, -0.25) is 0 Å². The summed E-state index contributed by atoms with van der Waals surface area (Å²) in [5, 5.41) is 0. The van der Waals surface area contributed by atoms with E-state index in [1.807, 2.05) is 19.0 Å². The monoisotopic (exact) mass is 264 g/mol. The van der Waals surface area contributed by atoms with Gasteiger partial charge in [0.1, 0.15) is 5.82 Å². The van der Waals surface area contributed by atoms with Gasteiger partial charge in [0.15, 0.2) is 0 Å². The molecule has 19 heavy (non-hydrogen) atoms. The third kappa shape index (κ3) is 3.15. The number of nitrogens with zero attached hydrogens (tertiary/aromatic N) is 4. The molecule has 0 saturated carbocycles. The zero-order chi connectivity index (χ0) is 14.0. The average Bonchev–Trinajstić information content (AvgIpc) is 2.36. The molecular weight excluding hydrogens is 240 g/mol. The van der Waals surface area contributed by atoms with Crippen LogP contribution in [0.5, 0.6) is 0 Å². The smallest absolute Gasteiger partial charge is 0.227 e. The first-order valence-corrected chi connectivity index (χ1v) is 6.78. The first-order chi connectivity index (χ1) is 8.93. The predicted octanol–water partition coefficient (Wildman–Crippen LogP) is 1.58. The summed E-state index contributed by atoms with van der Waals surface area (Å²) < 4.78 is 5.31. The number of hydrogen-bond donors (Lipinski definition) is 0. The number of aryl methyl sites for hydroxylation is 1. The molecule has 0 radical (unpaired) electrons. The van der Waals surface area contributed by atoms with E-state index in [0.29, 0.717) is 0 Å². The Bertz CT molecular complexity index is 443. The molecule has 106 valence electrons. The second kappa shape index (κ2) is 5.33. The maximum atomic E-state index is 5.31. The molecule has 0 atom stereocenters.